The number of aliphatic hydroxyl groups is 1. The molecule has 6 heteroatoms. The lowest BCUT2D eigenvalue weighted by Crippen LogP contribution is -2.19. The highest BCUT2D eigenvalue weighted by atomic mass is 79.9. The summed E-state index contributed by atoms with van der Waals surface area (Å²) in [4.78, 5) is 2.08. The van der Waals surface area contributed by atoms with Crippen molar-refractivity contribution in [1.82, 2.24) is 4.90 Å². The van der Waals surface area contributed by atoms with Crippen LogP contribution >= 0.6 is 28.3 Å². The van der Waals surface area contributed by atoms with Gasteiger partial charge in [-0.05, 0) is 91.2 Å². The fourth-order valence-electron chi connectivity index (χ4n) is 3.54. The zero-order chi connectivity index (χ0) is 22.9. The van der Waals surface area contributed by atoms with E-state index in [-0.39, 0.29) is 24.8 Å². The van der Waals surface area contributed by atoms with Crippen molar-refractivity contribution in [3.63, 3.8) is 0 Å². The fraction of sp³-hybridized carbons (Fsp3) is 0.259. The monoisotopic (exact) mass is 533 g/mol. The van der Waals surface area contributed by atoms with Gasteiger partial charge in [-0.15, -0.1) is 12.4 Å². The van der Waals surface area contributed by atoms with E-state index in [1.54, 1.807) is 12.1 Å². The molecule has 3 aromatic rings. The van der Waals surface area contributed by atoms with Crippen LogP contribution in [0.1, 0.15) is 29.5 Å². The van der Waals surface area contributed by atoms with Crippen LogP contribution in [0.5, 0.6) is 5.75 Å². The van der Waals surface area contributed by atoms with Gasteiger partial charge in [-0.25, -0.2) is 4.39 Å². The number of halogens is 3. The maximum atomic E-state index is 14.1. The minimum absolute atomic E-state index is 0. The Hall–Kier alpha value is -2.18. The molecule has 0 amide bonds. The van der Waals surface area contributed by atoms with Gasteiger partial charge in [-0.1, -0.05) is 52.3 Å². The number of allylic oxidation sites excluding steroid dienone is 1. The Balaban J connectivity index is 0.00000385. The lowest BCUT2D eigenvalue weighted by molar-refractivity contribution is 0.261. The van der Waals surface area contributed by atoms with Crippen LogP contribution in [0, 0.1) is 5.82 Å². The van der Waals surface area contributed by atoms with E-state index in [2.05, 4.69) is 33.0 Å². The first-order valence-electron chi connectivity index (χ1n) is 10.7. The highest BCUT2D eigenvalue weighted by Crippen LogP contribution is 2.36. The Morgan fingerprint density at radius 2 is 1.58 bits per heavy atom. The number of hydrogen-bond acceptors (Lipinski definition) is 3. The first-order valence-corrected chi connectivity index (χ1v) is 11.5. The van der Waals surface area contributed by atoms with Gasteiger partial charge in [0.25, 0.3) is 0 Å². The minimum atomic E-state index is -0.274. The molecule has 3 rings (SSSR count). The number of aliphatic hydroxyl groups excluding tert-OH is 1. The van der Waals surface area contributed by atoms with Crippen LogP contribution in [0.15, 0.2) is 77.3 Å². The third kappa shape index (κ3) is 7.97. The molecule has 0 aliphatic heterocycles. The fourth-order valence-corrected chi connectivity index (χ4v) is 3.81. The molecule has 0 unspecified atom stereocenters. The van der Waals surface area contributed by atoms with Gasteiger partial charge >= 0.3 is 0 Å². The summed E-state index contributed by atoms with van der Waals surface area (Å²) in [6.07, 6.45) is 1.23. The molecule has 0 aromatic heterocycles. The predicted molar refractivity (Wildman–Crippen MR) is 141 cm³/mol. The lowest BCUT2D eigenvalue weighted by atomic mass is 9.87. The van der Waals surface area contributed by atoms with Crippen LogP contribution in [-0.2, 0) is 0 Å². The highest BCUT2D eigenvalue weighted by Gasteiger charge is 2.15. The van der Waals surface area contributed by atoms with E-state index in [0.717, 1.165) is 44.6 Å². The molecule has 0 saturated heterocycles. The van der Waals surface area contributed by atoms with Crippen molar-refractivity contribution in [2.75, 3.05) is 33.9 Å². The average Bonchev–Trinajstić information content (AvgIpc) is 2.78. The van der Waals surface area contributed by atoms with Gasteiger partial charge in [0, 0.05) is 17.6 Å². The second-order valence-electron chi connectivity index (χ2n) is 7.87. The lowest BCUT2D eigenvalue weighted by Gasteiger charge is -2.18. The smallest absolute Gasteiger partial charge is 0.123 e. The molecule has 0 aliphatic carbocycles. The van der Waals surface area contributed by atoms with E-state index in [1.807, 2.05) is 56.6 Å². The highest BCUT2D eigenvalue weighted by molar-refractivity contribution is 9.10. The van der Waals surface area contributed by atoms with Gasteiger partial charge in [-0.2, -0.15) is 0 Å². The maximum Gasteiger partial charge on any atom is 0.123 e. The largest absolute Gasteiger partial charge is 0.492 e. The normalized spacial score (nSPS) is 11.7. The SMILES string of the molecule is CN(C)CCOc1ccc(/C(=C(/CCCO)c2cccc(F)c2)c2ccc(Br)cc2)cc1.Cl. The summed E-state index contributed by atoms with van der Waals surface area (Å²) in [5.41, 5.74) is 4.90. The van der Waals surface area contributed by atoms with E-state index in [9.17, 15) is 9.50 Å². The molecule has 176 valence electrons. The summed E-state index contributed by atoms with van der Waals surface area (Å²) < 4.78 is 20.9. The Morgan fingerprint density at radius 3 is 2.15 bits per heavy atom. The van der Waals surface area contributed by atoms with E-state index < -0.39 is 0 Å². The molecule has 0 atom stereocenters. The maximum absolute atomic E-state index is 14.1. The average molecular weight is 535 g/mol. The molecular formula is C27H30BrClFNO2. The van der Waals surface area contributed by atoms with Crippen molar-refractivity contribution in [3.8, 4) is 5.75 Å². The Bertz CT molecular complexity index is 1040. The Morgan fingerprint density at radius 1 is 0.939 bits per heavy atom. The van der Waals surface area contributed by atoms with Gasteiger partial charge in [-0.3, -0.25) is 0 Å². The number of hydrogen-bond donors (Lipinski definition) is 1. The molecule has 0 saturated carbocycles. The zero-order valence-corrected chi connectivity index (χ0v) is 21.3. The molecule has 1 N–H and O–H groups in total. The van der Waals surface area contributed by atoms with Crippen molar-refractivity contribution >= 4 is 39.5 Å². The molecule has 33 heavy (non-hydrogen) atoms. The van der Waals surface area contributed by atoms with E-state index in [1.165, 1.54) is 6.07 Å². The molecule has 0 spiro atoms. The van der Waals surface area contributed by atoms with Gasteiger partial charge in [0.15, 0.2) is 0 Å². The van der Waals surface area contributed by atoms with Crippen molar-refractivity contribution in [3.05, 3.63) is 99.8 Å². The molecule has 0 aliphatic rings. The van der Waals surface area contributed by atoms with E-state index in [4.69, 9.17) is 4.74 Å². The summed E-state index contributed by atoms with van der Waals surface area (Å²) in [5.74, 6) is 0.539. The predicted octanol–water partition coefficient (Wildman–Crippen LogP) is 6.68. The van der Waals surface area contributed by atoms with Gasteiger partial charge in [0.05, 0.1) is 0 Å². The van der Waals surface area contributed by atoms with Crippen molar-refractivity contribution in [2.45, 2.75) is 12.8 Å². The topological polar surface area (TPSA) is 32.7 Å². The van der Waals surface area contributed by atoms with Crippen LogP contribution in [0.4, 0.5) is 4.39 Å². The van der Waals surface area contributed by atoms with Crippen molar-refractivity contribution in [1.29, 1.82) is 0 Å². The second kappa shape index (κ2) is 13.5. The van der Waals surface area contributed by atoms with Crippen LogP contribution in [0.3, 0.4) is 0 Å². The van der Waals surface area contributed by atoms with Gasteiger partial charge in [0.2, 0.25) is 0 Å². The molecule has 3 aromatic carbocycles. The Kier molecular flexibility index (Phi) is 11.1. The molecule has 3 nitrogen and oxygen atoms in total. The Labute approximate surface area is 210 Å². The third-order valence-electron chi connectivity index (χ3n) is 5.14. The minimum Gasteiger partial charge on any atom is -0.492 e. The van der Waals surface area contributed by atoms with Gasteiger partial charge < -0.3 is 14.7 Å². The summed E-state index contributed by atoms with van der Waals surface area (Å²) in [5, 5.41) is 9.51. The summed E-state index contributed by atoms with van der Waals surface area (Å²) in [6.45, 7) is 1.54. The third-order valence-corrected chi connectivity index (χ3v) is 5.67. The molecule has 0 radical (unpaired) electrons. The van der Waals surface area contributed by atoms with Gasteiger partial charge in [0.1, 0.15) is 18.2 Å². The number of nitrogens with zero attached hydrogens (tertiary/aromatic N) is 1. The standard InChI is InChI=1S/C27H29BrFNO2.ClH/c1-30(2)16-18-32-25-14-10-21(11-15-25)27(20-8-12-23(28)13-9-20)26(7-4-17-31)22-5-3-6-24(29)19-22;/h3,5-6,8-15,19,31H,4,7,16-18H2,1-2H3;1H/b27-26-;. The van der Waals surface area contributed by atoms with E-state index in [0.29, 0.717) is 19.4 Å². The number of likely N-dealkylation sites (N-methyl/N-ethyl adjacent to an activating group) is 1. The quantitative estimate of drug-likeness (QED) is 0.294. The molecule has 0 fully saturated rings. The van der Waals surface area contributed by atoms with Crippen molar-refractivity contribution in [2.24, 2.45) is 0 Å². The first kappa shape index (κ1) is 27.1. The van der Waals surface area contributed by atoms with Crippen LogP contribution in [0.2, 0.25) is 0 Å². The summed E-state index contributed by atoms with van der Waals surface area (Å²) >= 11 is 3.51. The second-order valence-corrected chi connectivity index (χ2v) is 8.79. The van der Waals surface area contributed by atoms with Crippen LogP contribution < -0.4 is 4.74 Å². The molecule has 0 heterocycles. The molecule has 0 bridgehead atoms. The van der Waals surface area contributed by atoms with E-state index >= 15 is 0 Å². The summed E-state index contributed by atoms with van der Waals surface area (Å²) in [7, 11) is 4.03. The number of rotatable bonds is 10. The number of ether oxygens (including phenoxy) is 1. The number of benzene rings is 3. The molecular weight excluding hydrogens is 505 g/mol. The summed E-state index contributed by atoms with van der Waals surface area (Å²) in [6, 6.07) is 22.8. The van der Waals surface area contributed by atoms with Crippen LogP contribution in [-0.4, -0.2) is 43.9 Å². The zero-order valence-electron chi connectivity index (χ0n) is 18.9. The van der Waals surface area contributed by atoms with Crippen molar-refractivity contribution < 1.29 is 14.2 Å². The van der Waals surface area contributed by atoms with Crippen LogP contribution in [0.25, 0.3) is 11.1 Å². The first-order chi connectivity index (χ1) is 15.5.